The Labute approximate surface area is 114 Å². The van der Waals surface area contributed by atoms with Crippen LogP contribution in [0.2, 0.25) is 0 Å². The van der Waals surface area contributed by atoms with Crippen LogP contribution in [0.4, 0.5) is 0 Å². The highest BCUT2D eigenvalue weighted by molar-refractivity contribution is 9.11. The van der Waals surface area contributed by atoms with E-state index < -0.39 is 0 Å². The Morgan fingerprint density at radius 1 is 1.31 bits per heavy atom. The zero-order valence-electron chi connectivity index (χ0n) is 8.15. The monoisotopic (exact) mass is 361 g/mol. The van der Waals surface area contributed by atoms with Crippen LogP contribution in [0.3, 0.4) is 0 Å². The molecule has 0 aliphatic heterocycles. The zero-order valence-corrected chi connectivity index (χ0v) is 12.1. The predicted octanol–water partition coefficient (Wildman–Crippen LogP) is 4.03. The summed E-state index contributed by atoms with van der Waals surface area (Å²) in [6.45, 7) is 0. The standard InChI is InChI=1S/C11H9Br2NOS/c12-7-3-8(11(15)9(13)4-7)10(14)6-1-2-16-5-6/h1-5,10,15H,14H2/t10-/m1/s1. The smallest absolute Gasteiger partial charge is 0.134 e. The van der Waals surface area contributed by atoms with Gasteiger partial charge in [0.25, 0.3) is 0 Å². The van der Waals surface area contributed by atoms with Gasteiger partial charge in [-0.2, -0.15) is 11.3 Å². The van der Waals surface area contributed by atoms with E-state index in [0.29, 0.717) is 10.0 Å². The van der Waals surface area contributed by atoms with E-state index in [1.54, 1.807) is 17.4 Å². The number of thiophene rings is 1. The highest BCUT2D eigenvalue weighted by Crippen LogP contribution is 2.36. The molecule has 1 aromatic carbocycles. The summed E-state index contributed by atoms with van der Waals surface area (Å²) in [7, 11) is 0. The number of benzene rings is 1. The summed E-state index contributed by atoms with van der Waals surface area (Å²) in [5.41, 5.74) is 7.82. The van der Waals surface area contributed by atoms with Gasteiger partial charge in [-0.3, -0.25) is 0 Å². The van der Waals surface area contributed by atoms with E-state index in [-0.39, 0.29) is 11.8 Å². The minimum Gasteiger partial charge on any atom is -0.506 e. The second-order valence-corrected chi connectivity index (χ2v) is 5.91. The molecule has 1 aromatic heterocycles. The number of phenols is 1. The molecule has 0 fully saturated rings. The Morgan fingerprint density at radius 3 is 2.69 bits per heavy atom. The van der Waals surface area contributed by atoms with Gasteiger partial charge in [-0.1, -0.05) is 15.9 Å². The molecule has 0 saturated carbocycles. The van der Waals surface area contributed by atoms with Crippen LogP contribution in [0.1, 0.15) is 17.2 Å². The van der Waals surface area contributed by atoms with E-state index in [1.165, 1.54) is 0 Å². The van der Waals surface area contributed by atoms with Gasteiger partial charge in [-0.25, -0.2) is 0 Å². The van der Waals surface area contributed by atoms with Crippen LogP contribution in [0, 0.1) is 0 Å². The number of rotatable bonds is 2. The molecule has 16 heavy (non-hydrogen) atoms. The quantitative estimate of drug-likeness (QED) is 0.847. The van der Waals surface area contributed by atoms with Gasteiger partial charge in [0.15, 0.2) is 0 Å². The molecule has 0 aliphatic rings. The lowest BCUT2D eigenvalue weighted by Gasteiger charge is -2.14. The maximum absolute atomic E-state index is 9.95. The SMILES string of the molecule is N[C@H](c1ccsc1)c1cc(Br)cc(Br)c1O. The van der Waals surface area contributed by atoms with E-state index in [2.05, 4.69) is 31.9 Å². The van der Waals surface area contributed by atoms with Crippen molar-refractivity contribution in [3.05, 3.63) is 49.0 Å². The summed E-state index contributed by atoms with van der Waals surface area (Å²) >= 11 is 8.27. The van der Waals surface area contributed by atoms with Gasteiger partial charge in [0.2, 0.25) is 0 Å². The van der Waals surface area contributed by atoms with Gasteiger partial charge in [-0.15, -0.1) is 0 Å². The van der Waals surface area contributed by atoms with Crippen molar-refractivity contribution in [2.24, 2.45) is 5.73 Å². The molecule has 3 N–H and O–H groups in total. The van der Waals surface area contributed by atoms with Crippen LogP contribution in [0.5, 0.6) is 5.75 Å². The molecule has 0 radical (unpaired) electrons. The van der Waals surface area contributed by atoms with Crippen molar-refractivity contribution in [1.29, 1.82) is 0 Å². The molecule has 0 amide bonds. The molecule has 0 saturated heterocycles. The second-order valence-electron chi connectivity index (χ2n) is 3.36. The third-order valence-electron chi connectivity index (χ3n) is 2.30. The Kier molecular flexibility index (Phi) is 3.69. The summed E-state index contributed by atoms with van der Waals surface area (Å²) in [5, 5.41) is 13.9. The van der Waals surface area contributed by atoms with Gasteiger partial charge >= 0.3 is 0 Å². The van der Waals surface area contributed by atoms with Gasteiger partial charge in [0.1, 0.15) is 5.75 Å². The molecule has 2 rings (SSSR count). The first-order chi connectivity index (χ1) is 7.59. The fraction of sp³-hybridized carbons (Fsp3) is 0.0909. The average Bonchev–Trinajstić information content (AvgIpc) is 2.75. The number of hydrogen-bond donors (Lipinski definition) is 2. The first-order valence-electron chi connectivity index (χ1n) is 4.55. The van der Waals surface area contributed by atoms with E-state index >= 15 is 0 Å². The number of aromatic hydroxyl groups is 1. The Morgan fingerprint density at radius 2 is 2.06 bits per heavy atom. The molecule has 84 valence electrons. The van der Waals surface area contributed by atoms with Crippen LogP contribution >= 0.6 is 43.2 Å². The van der Waals surface area contributed by atoms with Gasteiger partial charge in [0.05, 0.1) is 10.5 Å². The predicted molar refractivity (Wildman–Crippen MR) is 73.9 cm³/mol. The molecular weight excluding hydrogens is 354 g/mol. The Bertz CT molecular complexity index is 499. The largest absolute Gasteiger partial charge is 0.506 e. The third-order valence-corrected chi connectivity index (χ3v) is 4.06. The average molecular weight is 363 g/mol. The lowest BCUT2D eigenvalue weighted by atomic mass is 10.0. The lowest BCUT2D eigenvalue weighted by Crippen LogP contribution is -2.11. The normalized spacial score (nSPS) is 12.7. The first kappa shape index (κ1) is 12.1. The summed E-state index contributed by atoms with van der Waals surface area (Å²) in [6.07, 6.45) is 0. The van der Waals surface area contributed by atoms with Crippen molar-refractivity contribution in [3.8, 4) is 5.75 Å². The molecule has 2 nitrogen and oxygen atoms in total. The van der Waals surface area contributed by atoms with Crippen LogP contribution < -0.4 is 5.73 Å². The van der Waals surface area contributed by atoms with Crippen LogP contribution in [-0.2, 0) is 0 Å². The van der Waals surface area contributed by atoms with Crippen LogP contribution in [-0.4, -0.2) is 5.11 Å². The fourth-order valence-electron chi connectivity index (χ4n) is 1.45. The van der Waals surface area contributed by atoms with E-state index in [9.17, 15) is 5.11 Å². The Balaban J connectivity index is 2.48. The van der Waals surface area contributed by atoms with E-state index in [1.807, 2.05) is 22.9 Å². The van der Waals surface area contributed by atoms with Gasteiger partial charge in [-0.05, 0) is 50.5 Å². The summed E-state index contributed by atoms with van der Waals surface area (Å²) < 4.78 is 1.53. The second kappa shape index (κ2) is 4.87. The van der Waals surface area contributed by atoms with Crippen molar-refractivity contribution in [2.75, 3.05) is 0 Å². The van der Waals surface area contributed by atoms with E-state index in [4.69, 9.17) is 5.73 Å². The molecule has 0 bridgehead atoms. The topological polar surface area (TPSA) is 46.2 Å². The number of hydrogen-bond acceptors (Lipinski definition) is 3. The Hall–Kier alpha value is -0.360. The van der Waals surface area contributed by atoms with Crippen molar-refractivity contribution < 1.29 is 5.11 Å². The van der Waals surface area contributed by atoms with Crippen LogP contribution in [0.15, 0.2) is 37.9 Å². The minimum atomic E-state index is -0.306. The molecule has 1 heterocycles. The number of phenolic OH excluding ortho intramolecular Hbond substituents is 1. The third kappa shape index (κ3) is 2.32. The minimum absolute atomic E-state index is 0.196. The van der Waals surface area contributed by atoms with Gasteiger partial charge < -0.3 is 10.8 Å². The fourth-order valence-corrected chi connectivity index (χ4v) is 3.41. The highest BCUT2D eigenvalue weighted by Gasteiger charge is 2.16. The number of halogens is 2. The molecular formula is C11H9Br2NOS. The summed E-state index contributed by atoms with van der Waals surface area (Å²) in [5.74, 6) is 0.196. The van der Waals surface area contributed by atoms with E-state index in [0.717, 1.165) is 10.0 Å². The molecule has 2 aromatic rings. The maximum Gasteiger partial charge on any atom is 0.134 e. The van der Waals surface area contributed by atoms with Crippen molar-refractivity contribution in [3.63, 3.8) is 0 Å². The summed E-state index contributed by atoms with van der Waals surface area (Å²) in [6, 6.07) is 5.28. The van der Waals surface area contributed by atoms with Crippen molar-refractivity contribution >= 4 is 43.2 Å². The molecule has 0 unspecified atom stereocenters. The highest BCUT2D eigenvalue weighted by atomic mass is 79.9. The van der Waals surface area contributed by atoms with Crippen LogP contribution in [0.25, 0.3) is 0 Å². The molecule has 5 heteroatoms. The summed E-state index contributed by atoms with van der Waals surface area (Å²) in [4.78, 5) is 0. The van der Waals surface area contributed by atoms with Crippen molar-refractivity contribution in [1.82, 2.24) is 0 Å². The van der Waals surface area contributed by atoms with Crippen molar-refractivity contribution in [2.45, 2.75) is 6.04 Å². The van der Waals surface area contributed by atoms with Gasteiger partial charge in [0, 0.05) is 10.0 Å². The molecule has 0 aliphatic carbocycles. The number of nitrogens with two attached hydrogens (primary N) is 1. The molecule has 1 atom stereocenters. The lowest BCUT2D eigenvalue weighted by molar-refractivity contribution is 0.461. The maximum atomic E-state index is 9.95. The zero-order chi connectivity index (χ0) is 11.7. The molecule has 0 spiro atoms. The first-order valence-corrected chi connectivity index (χ1v) is 7.08.